The highest BCUT2D eigenvalue weighted by molar-refractivity contribution is 14.1. The van der Waals surface area contributed by atoms with Crippen molar-refractivity contribution in [3.8, 4) is 22.7 Å². The summed E-state index contributed by atoms with van der Waals surface area (Å²) >= 11 is 1.98. The first kappa shape index (κ1) is 18.7. The molecule has 4 aromatic heterocycles. The van der Waals surface area contributed by atoms with Gasteiger partial charge in [0.2, 0.25) is 0 Å². The van der Waals surface area contributed by atoms with Crippen LogP contribution in [0.15, 0.2) is 47.8 Å². The molecule has 4 heterocycles. The van der Waals surface area contributed by atoms with Crippen molar-refractivity contribution in [2.45, 2.75) is 0 Å². The van der Waals surface area contributed by atoms with Gasteiger partial charge in [0.05, 0.1) is 36.1 Å². The summed E-state index contributed by atoms with van der Waals surface area (Å²) in [6, 6.07) is 5.00. The van der Waals surface area contributed by atoms with E-state index in [2.05, 4.69) is 20.2 Å². The van der Waals surface area contributed by atoms with Gasteiger partial charge < -0.3 is 4.74 Å². The SMILES string of the molecule is COc1cc2ncc3c(c2cc1-c1cn[nH]c1)n(-c1ncc(I)cc1F)c(=O)n3C. The lowest BCUT2D eigenvalue weighted by molar-refractivity contribution is 0.417. The van der Waals surface area contributed by atoms with Crippen LogP contribution in [0.25, 0.3) is 38.9 Å². The van der Waals surface area contributed by atoms with Crippen LogP contribution in [0, 0.1) is 9.39 Å². The Morgan fingerprint density at radius 3 is 2.70 bits per heavy atom. The largest absolute Gasteiger partial charge is 0.496 e. The molecule has 5 aromatic rings. The molecule has 0 saturated heterocycles. The zero-order valence-corrected chi connectivity index (χ0v) is 18.0. The van der Waals surface area contributed by atoms with Gasteiger partial charge in [-0.2, -0.15) is 5.10 Å². The van der Waals surface area contributed by atoms with E-state index in [-0.39, 0.29) is 5.82 Å². The number of nitrogens with zero attached hydrogens (tertiary/aromatic N) is 5. The number of aryl methyl sites for hydroxylation is 1. The smallest absolute Gasteiger partial charge is 0.334 e. The Balaban J connectivity index is 1.95. The summed E-state index contributed by atoms with van der Waals surface area (Å²) in [5, 5.41) is 7.46. The standard InChI is InChI=1S/C20H14FIN6O2/c1-27-16-9-23-15-5-17(30-2)12(10-6-25-26-7-10)4-13(15)18(16)28(20(27)29)19-14(21)3-11(22)8-24-19/h3-9H,1-2H3,(H,25,26). The molecule has 10 heteroatoms. The maximum Gasteiger partial charge on any atom is 0.334 e. The molecule has 0 aliphatic rings. The van der Waals surface area contributed by atoms with Crippen LogP contribution in [0.2, 0.25) is 0 Å². The number of aromatic nitrogens is 6. The van der Waals surface area contributed by atoms with E-state index < -0.39 is 11.5 Å². The first-order valence-electron chi connectivity index (χ1n) is 8.88. The Morgan fingerprint density at radius 1 is 1.17 bits per heavy atom. The van der Waals surface area contributed by atoms with Gasteiger partial charge in [0.1, 0.15) is 5.75 Å². The summed E-state index contributed by atoms with van der Waals surface area (Å²) in [6.45, 7) is 0. The molecule has 0 radical (unpaired) electrons. The third kappa shape index (κ3) is 2.70. The van der Waals surface area contributed by atoms with Crippen molar-refractivity contribution in [2.24, 2.45) is 7.05 Å². The number of aromatic amines is 1. The maximum atomic E-state index is 14.8. The number of pyridine rings is 2. The van der Waals surface area contributed by atoms with E-state index in [4.69, 9.17) is 4.74 Å². The Morgan fingerprint density at radius 2 is 2.00 bits per heavy atom. The first-order valence-corrected chi connectivity index (χ1v) is 9.96. The fourth-order valence-corrected chi connectivity index (χ4v) is 4.00. The first-order chi connectivity index (χ1) is 14.5. The van der Waals surface area contributed by atoms with E-state index in [0.717, 1.165) is 11.1 Å². The average Bonchev–Trinajstić information content (AvgIpc) is 3.35. The highest BCUT2D eigenvalue weighted by atomic mass is 127. The molecule has 0 unspecified atom stereocenters. The van der Waals surface area contributed by atoms with E-state index in [9.17, 15) is 9.18 Å². The van der Waals surface area contributed by atoms with E-state index in [1.54, 1.807) is 38.8 Å². The summed E-state index contributed by atoms with van der Waals surface area (Å²) in [5.41, 5.74) is 2.87. The number of nitrogens with one attached hydrogen (secondary N) is 1. The van der Waals surface area contributed by atoms with E-state index >= 15 is 0 Å². The molecular formula is C20H14FIN6O2. The van der Waals surface area contributed by atoms with Crippen LogP contribution < -0.4 is 10.4 Å². The molecule has 0 fully saturated rings. The van der Waals surface area contributed by atoms with Gasteiger partial charge in [-0.3, -0.25) is 14.6 Å². The molecule has 150 valence electrons. The lowest BCUT2D eigenvalue weighted by atomic mass is 10.0. The quantitative estimate of drug-likeness (QED) is 0.372. The zero-order valence-electron chi connectivity index (χ0n) is 15.8. The maximum absolute atomic E-state index is 14.8. The monoisotopic (exact) mass is 516 g/mol. The summed E-state index contributed by atoms with van der Waals surface area (Å²) in [4.78, 5) is 21.7. The summed E-state index contributed by atoms with van der Waals surface area (Å²) in [5.74, 6) is -0.0247. The summed E-state index contributed by atoms with van der Waals surface area (Å²) < 4.78 is 23.7. The molecular weight excluding hydrogens is 502 g/mol. The second kappa shape index (κ2) is 6.90. The molecule has 8 nitrogen and oxygen atoms in total. The lowest BCUT2D eigenvalue weighted by Crippen LogP contribution is -2.22. The predicted octanol–water partition coefficient (Wildman–Crippen LogP) is 3.41. The number of hydrogen-bond donors (Lipinski definition) is 1. The highest BCUT2D eigenvalue weighted by Gasteiger charge is 2.21. The van der Waals surface area contributed by atoms with Crippen LogP contribution >= 0.6 is 22.6 Å². The molecule has 0 atom stereocenters. The van der Waals surface area contributed by atoms with Crippen molar-refractivity contribution >= 4 is 44.5 Å². The van der Waals surface area contributed by atoms with Gasteiger partial charge in [-0.15, -0.1) is 0 Å². The van der Waals surface area contributed by atoms with Gasteiger partial charge in [0.25, 0.3) is 0 Å². The number of methoxy groups -OCH3 is 1. The van der Waals surface area contributed by atoms with Gasteiger partial charge in [0, 0.05) is 45.6 Å². The van der Waals surface area contributed by atoms with Crippen molar-refractivity contribution in [3.63, 3.8) is 0 Å². The number of rotatable bonds is 3. The third-order valence-electron chi connectivity index (χ3n) is 5.01. The van der Waals surface area contributed by atoms with Crippen molar-refractivity contribution in [1.82, 2.24) is 29.3 Å². The number of imidazole rings is 1. The molecule has 1 aromatic carbocycles. The molecule has 5 rings (SSSR count). The summed E-state index contributed by atoms with van der Waals surface area (Å²) in [7, 11) is 3.20. The normalized spacial score (nSPS) is 11.5. The molecule has 0 aliphatic heterocycles. The lowest BCUT2D eigenvalue weighted by Gasteiger charge is -2.11. The average molecular weight is 516 g/mol. The second-order valence-corrected chi connectivity index (χ2v) is 7.93. The van der Waals surface area contributed by atoms with Crippen molar-refractivity contribution < 1.29 is 9.13 Å². The minimum Gasteiger partial charge on any atom is -0.496 e. The number of benzene rings is 1. The van der Waals surface area contributed by atoms with E-state index in [1.165, 1.54) is 21.4 Å². The molecule has 0 amide bonds. The van der Waals surface area contributed by atoms with E-state index in [0.29, 0.717) is 31.3 Å². The summed E-state index contributed by atoms with van der Waals surface area (Å²) in [6.07, 6.45) is 6.54. The van der Waals surface area contributed by atoms with Crippen LogP contribution in [-0.2, 0) is 7.05 Å². The molecule has 0 saturated carbocycles. The third-order valence-corrected chi connectivity index (χ3v) is 5.60. The van der Waals surface area contributed by atoms with Crippen LogP contribution in [-0.4, -0.2) is 36.4 Å². The Bertz CT molecular complexity index is 1490. The van der Waals surface area contributed by atoms with Crippen molar-refractivity contribution in [1.29, 1.82) is 0 Å². The van der Waals surface area contributed by atoms with Crippen LogP contribution in [0.5, 0.6) is 5.75 Å². The predicted molar refractivity (Wildman–Crippen MR) is 118 cm³/mol. The van der Waals surface area contributed by atoms with Crippen molar-refractivity contribution in [3.05, 3.63) is 62.9 Å². The van der Waals surface area contributed by atoms with Gasteiger partial charge >= 0.3 is 5.69 Å². The van der Waals surface area contributed by atoms with Crippen molar-refractivity contribution in [2.75, 3.05) is 7.11 Å². The van der Waals surface area contributed by atoms with Gasteiger partial charge in [0.15, 0.2) is 11.6 Å². The second-order valence-electron chi connectivity index (χ2n) is 6.68. The van der Waals surface area contributed by atoms with Gasteiger partial charge in [-0.1, -0.05) is 0 Å². The number of H-pyrrole nitrogens is 1. The molecule has 0 spiro atoms. The Hall–Kier alpha value is -3.28. The molecule has 0 bridgehead atoms. The van der Waals surface area contributed by atoms with Crippen LogP contribution in [0.1, 0.15) is 0 Å². The molecule has 0 aliphatic carbocycles. The fourth-order valence-electron chi connectivity index (χ4n) is 3.59. The molecule has 30 heavy (non-hydrogen) atoms. The fraction of sp³-hybridized carbons (Fsp3) is 0.100. The number of halogens is 2. The number of hydrogen-bond acceptors (Lipinski definition) is 5. The zero-order chi connectivity index (χ0) is 21.0. The van der Waals surface area contributed by atoms with Gasteiger partial charge in [-0.25, -0.2) is 18.7 Å². The highest BCUT2D eigenvalue weighted by Crippen LogP contribution is 2.36. The van der Waals surface area contributed by atoms with Gasteiger partial charge in [-0.05, 0) is 34.7 Å². The minimum absolute atomic E-state index is 0.0563. The van der Waals surface area contributed by atoms with Crippen LogP contribution in [0.4, 0.5) is 4.39 Å². The number of ether oxygens (including phenoxy) is 1. The Labute approximate surface area is 182 Å². The molecule has 1 N–H and O–H groups in total. The van der Waals surface area contributed by atoms with E-state index in [1.807, 2.05) is 28.7 Å². The van der Waals surface area contributed by atoms with Crippen LogP contribution in [0.3, 0.4) is 0 Å². The topological polar surface area (TPSA) is 90.6 Å². The minimum atomic E-state index is -0.579. The Kier molecular flexibility index (Phi) is 4.31. The number of fused-ring (bicyclic) bond motifs is 3.